The predicted molar refractivity (Wildman–Crippen MR) is 104 cm³/mol. The van der Waals surface area contributed by atoms with Gasteiger partial charge in [0.25, 0.3) is 0 Å². The molecule has 0 bridgehead atoms. The number of alkyl halides is 3. The number of rotatable bonds is 8. The molecule has 0 N–H and O–H groups in total. The number of hydrogen-bond donors (Lipinski definition) is 0. The van der Waals surface area contributed by atoms with E-state index in [1.807, 2.05) is 0 Å². The highest BCUT2D eigenvalue weighted by atomic mass is 19.3. The molecule has 0 aromatic heterocycles. The Balaban J connectivity index is 1.53. The first-order chi connectivity index (χ1) is 14.3. The average molecular weight is 434 g/mol. The fourth-order valence-corrected chi connectivity index (χ4v) is 5.31. The van der Waals surface area contributed by atoms with Crippen molar-refractivity contribution >= 4 is 0 Å². The summed E-state index contributed by atoms with van der Waals surface area (Å²) in [6, 6.07) is 1.20. The molecule has 0 atom stereocenters. The summed E-state index contributed by atoms with van der Waals surface area (Å²) in [5, 5.41) is 0. The van der Waals surface area contributed by atoms with Crippen molar-refractivity contribution in [3.8, 4) is 11.5 Å². The number of hydrogen-bond acceptors (Lipinski definition) is 2. The fraction of sp³-hybridized carbons (Fsp3) is 0.739. The van der Waals surface area contributed by atoms with Crippen LogP contribution in [0.1, 0.15) is 71.1 Å². The van der Waals surface area contributed by atoms with E-state index in [1.165, 1.54) is 38.5 Å². The van der Waals surface area contributed by atoms with Crippen molar-refractivity contribution < 1.29 is 31.4 Å². The monoisotopic (exact) mass is 434 g/mol. The topological polar surface area (TPSA) is 18.5 Å². The van der Waals surface area contributed by atoms with E-state index in [9.17, 15) is 22.0 Å². The van der Waals surface area contributed by atoms with Crippen molar-refractivity contribution in [1.82, 2.24) is 0 Å². The Labute approximate surface area is 175 Å². The lowest BCUT2D eigenvalue weighted by molar-refractivity contribution is -0.224. The van der Waals surface area contributed by atoms with Crippen molar-refractivity contribution in [2.45, 2.75) is 77.2 Å². The van der Waals surface area contributed by atoms with E-state index in [0.717, 1.165) is 18.8 Å². The summed E-state index contributed by atoms with van der Waals surface area (Å²) in [4.78, 5) is 0. The maximum absolute atomic E-state index is 14.7. The van der Waals surface area contributed by atoms with Gasteiger partial charge in [-0.3, -0.25) is 0 Å². The van der Waals surface area contributed by atoms with E-state index in [-0.39, 0.29) is 0 Å². The molecule has 3 rings (SSSR count). The van der Waals surface area contributed by atoms with E-state index in [1.54, 1.807) is 0 Å². The molecule has 170 valence electrons. The van der Waals surface area contributed by atoms with E-state index >= 15 is 0 Å². The predicted octanol–water partition coefficient (Wildman–Crippen LogP) is 7.66. The van der Waals surface area contributed by atoms with Crippen LogP contribution < -0.4 is 9.47 Å². The van der Waals surface area contributed by atoms with Gasteiger partial charge in [0.05, 0.1) is 5.92 Å². The summed E-state index contributed by atoms with van der Waals surface area (Å²) in [5.41, 5.74) is 0. The molecule has 2 aliphatic rings. The quantitative estimate of drug-likeness (QED) is 0.391. The van der Waals surface area contributed by atoms with Crippen LogP contribution in [0, 0.1) is 35.3 Å². The molecular weight excluding hydrogens is 403 g/mol. The first kappa shape index (κ1) is 23.1. The molecule has 2 fully saturated rings. The maximum atomic E-state index is 14.7. The third-order valence-electron chi connectivity index (χ3n) is 6.93. The van der Waals surface area contributed by atoms with Gasteiger partial charge in [-0.2, -0.15) is 8.78 Å². The lowest BCUT2D eigenvalue weighted by Crippen LogP contribution is -2.38. The first-order valence-corrected chi connectivity index (χ1v) is 11.1. The molecule has 1 aromatic rings. The van der Waals surface area contributed by atoms with Gasteiger partial charge in [0, 0.05) is 12.1 Å². The van der Waals surface area contributed by atoms with Crippen molar-refractivity contribution in [3.63, 3.8) is 0 Å². The lowest BCUT2D eigenvalue weighted by atomic mass is 9.68. The minimum absolute atomic E-state index is 0.334. The second kappa shape index (κ2) is 10.2. The molecule has 1 aromatic carbocycles. The maximum Gasteiger partial charge on any atom is 0.400 e. The van der Waals surface area contributed by atoms with Gasteiger partial charge in [-0.15, -0.1) is 0 Å². The normalized spacial score (nSPS) is 27.7. The van der Waals surface area contributed by atoms with Gasteiger partial charge in [0.15, 0.2) is 17.4 Å². The van der Waals surface area contributed by atoms with Crippen LogP contribution in [0.2, 0.25) is 0 Å². The zero-order valence-corrected chi connectivity index (χ0v) is 17.4. The Bertz CT molecular complexity index is 657. The number of benzene rings is 1. The second-order valence-corrected chi connectivity index (χ2v) is 8.81. The molecule has 0 aliphatic heterocycles. The highest BCUT2D eigenvalue weighted by molar-refractivity contribution is 5.35. The summed E-state index contributed by atoms with van der Waals surface area (Å²) in [7, 11) is 0. The first-order valence-electron chi connectivity index (χ1n) is 11.1. The van der Waals surface area contributed by atoms with Crippen LogP contribution in [-0.4, -0.2) is 13.0 Å². The van der Waals surface area contributed by atoms with Gasteiger partial charge in [0.2, 0.25) is 6.86 Å². The Morgan fingerprint density at radius 1 is 0.900 bits per heavy atom. The standard InChI is InChI=1S/C23H31F5O2/c1-2-3-15-4-6-16(7-5-15)17-8-10-18(11-9-17)23(27,28)30-19-12-20(25)22(29-14-24)21(26)13-19/h12-13,15-18H,2-11,14H2,1H3. The van der Waals surface area contributed by atoms with E-state index in [2.05, 4.69) is 11.7 Å². The molecule has 2 aliphatic carbocycles. The smallest absolute Gasteiger partial charge is 0.400 e. The Morgan fingerprint density at radius 3 is 1.93 bits per heavy atom. The summed E-state index contributed by atoms with van der Waals surface area (Å²) in [6.07, 6.45) is 6.00. The SMILES string of the molecule is CCCC1CCC(C2CCC(C(F)(F)Oc3cc(F)c(OCF)c(F)c3)CC2)CC1. The minimum Gasteiger partial charge on any atom is -0.457 e. The zero-order chi connectivity index (χ0) is 21.7. The largest absolute Gasteiger partial charge is 0.457 e. The van der Waals surface area contributed by atoms with E-state index in [4.69, 9.17) is 4.74 Å². The van der Waals surface area contributed by atoms with Gasteiger partial charge in [0.1, 0.15) is 5.75 Å². The molecule has 0 heterocycles. The molecule has 7 heteroatoms. The molecular formula is C23H31F5O2. The molecule has 0 radical (unpaired) electrons. The van der Waals surface area contributed by atoms with Crippen LogP contribution in [0.3, 0.4) is 0 Å². The molecule has 0 spiro atoms. The summed E-state index contributed by atoms with van der Waals surface area (Å²) >= 11 is 0. The highest BCUT2D eigenvalue weighted by Crippen LogP contribution is 2.46. The second-order valence-electron chi connectivity index (χ2n) is 8.81. The van der Waals surface area contributed by atoms with Gasteiger partial charge >= 0.3 is 6.11 Å². The fourth-order valence-electron chi connectivity index (χ4n) is 5.31. The number of ether oxygens (including phenoxy) is 2. The van der Waals surface area contributed by atoms with Crippen LogP contribution in [0.4, 0.5) is 22.0 Å². The van der Waals surface area contributed by atoms with Crippen molar-refractivity contribution in [2.24, 2.45) is 23.7 Å². The van der Waals surface area contributed by atoms with E-state index in [0.29, 0.717) is 36.8 Å². The number of halogens is 5. The molecule has 30 heavy (non-hydrogen) atoms. The third kappa shape index (κ3) is 5.58. The molecule has 0 unspecified atom stereocenters. The van der Waals surface area contributed by atoms with Crippen LogP contribution in [-0.2, 0) is 0 Å². The Kier molecular flexibility index (Phi) is 7.86. The van der Waals surface area contributed by atoms with Gasteiger partial charge in [-0.05, 0) is 56.3 Å². The molecule has 0 saturated heterocycles. The minimum atomic E-state index is -3.52. The van der Waals surface area contributed by atoms with Crippen molar-refractivity contribution in [1.29, 1.82) is 0 Å². The van der Waals surface area contributed by atoms with Gasteiger partial charge in [-0.25, -0.2) is 13.2 Å². The molecule has 2 saturated carbocycles. The average Bonchev–Trinajstić information content (AvgIpc) is 2.71. The summed E-state index contributed by atoms with van der Waals surface area (Å²) < 4.78 is 78.0. The van der Waals surface area contributed by atoms with Crippen molar-refractivity contribution in [2.75, 3.05) is 6.86 Å². The van der Waals surface area contributed by atoms with Gasteiger partial charge < -0.3 is 9.47 Å². The molecule has 2 nitrogen and oxygen atoms in total. The van der Waals surface area contributed by atoms with Crippen LogP contribution in [0.25, 0.3) is 0 Å². The van der Waals surface area contributed by atoms with E-state index < -0.39 is 42.0 Å². The van der Waals surface area contributed by atoms with Gasteiger partial charge in [-0.1, -0.05) is 32.6 Å². The summed E-state index contributed by atoms with van der Waals surface area (Å²) in [6.45, 7) is 0.790. The summed E-state index contributed by atoms with van der Waals surface area (Å²) in [5.74, 6) is -3.19. The Morgan fingerprint density at radius 2 is 1.43 bits per heavy atom. The zero-order valence-electron chi connectivity index (χ0n) is 17.4. The molecule has 0 amide bonds. The lowest BCUT2D eigenvalue weighted by Gasteiger charge is -2.39. The third-order valence-corrected chi connectivity index (χ3v) is 6.93. The highest BCUT2D eigenvalue weighted by Gasteiger charge is 2.45. The van der Waals surface area contributed by atoms with Crippen molar-refractivity contribution in [3.05, 3.63) is 23.8 Å². The van der Waals surface area contributed by atoms with Crippen LogP contribution in [0.15, 0.2) is 12.1 Å². The van der Waals surface area contributed by atoms with Crippen LogP contribution in [0.5, 0.6) is 11.5 Å². The van der Waals surface area contributed by atoms with Crippen LogP contribution >= 0.6 is 0 Å². The Hall–Kier alpha value is -1.53.